The van der Waals surface area contributed by atoms with Crippen LogP contribution in [0.3, 0.4) is 0 Å². The van der Waals surface area contributed by atoms with Gasteiger partial charge in [0.25, 0.3) is 0 Å². The van der Waals surface area contributed by atoms with E-state index in [-0.39, 0.29) is 34.4 Å². The van der Waals surface area contributed by atoms with Gasteiger partial charge in [0, 0.05) is 50.0 Å². The molecule has 0 bridgehead atoms. The molecule has 1 aromatic carbocycles. The van der Waals surface area contributed by atoms with Crippen LogP contribution in [0, 0.1) is 11.7 Å². The van der Waals surface area contributed by atoms with Crippen molar-refractivity contribution in [3.05, 3.63) is 64.2 Å². The lowest BCUT2D eigenvalue weighted by Crippen LogP contribution is -2.38. The van der Waals surface area contributed by atoms with Crippen molar-refractivity contribution in [2.24, 2.45) is 5.92 Å². The molecule has 0 aliphatic rings. The number of carbonyl (C=O) groups excluding carboxylic acids is 1. The monoisotopic (exact) mass is 554 g/mol. The van der Waals surface area contributed by atoms with Crippen molar-refractivity contribution < 1.29 is 23.8 Å². The van der Waals surface area contributed by atoms with Crippen molar-refractivity contribution >= 4 is 40.3 Å². The van der Waals surface area contributed by atoms with Gasteiger partial charge in [-0.15, -0.1) is 0 Å². The number of aromatic nitrogens is 4. The van der Waals surface area contributed by atoms with Gasteiger partial charge in [0.1, 0.15) is 5.56 Å². The molecule has 3 heterocycles. The highest BCUT2D eigenvalue weighted by atomic mass is 32.1. The highest BCUT2D eigenvalue weighted by Crippen LogP contribution is 2.26. The molecule has 13 heteroatoms. The number of pyridine rings is 2. The summed E-state index contributed by atoms with van der Waals surface area (Å²) in [5.74, 6) is -2.74. The van der Waals surface area contributed by atoms with Crippen molar-refractivity contribution in [3.8, 4) is 16.5 Å². The average molecular weight is 555 g/mol. The second kappa shape index (κ2) is 12.1. The van der Waals surface area contributed by atoms with Gasteiger partial charge in [-0.05, 0) is 13.0 Å². The standard InChI is InChI=1S/C26H27FN6O5S/c1-4-38-11-10-28-24(35)15(2)13-32(3)23-19(27)12-17-20(34)18(25(36)37)14-33(22(17)30-23)26-29-21(31-39-26)16-8-6-5-7-9-16/h5-9,12,14-15H,4,10-11,13H2,1-3H3,(H,28,35)(H,36,37). The molecule has 4 aromatic rings. The fourth-order valence-corrected chi connectivity index (χ4v) is 4.61. The van der Waals surface area contributed by atoms with Crippen molar-refractivity contribution in [1.82, 2.24) is 24.2 Å². The fraction of sp³-hybridized carbons (Fsp3) is 0.308. The number of carboxylic acid groups (broad SMARTS) is 1. The zero-order valence-corrected chi connectivity index (χ0v) is 22.4. The van der Waals surface area contributed by atoms with Crippen LogP contribution in [0.2, 0.25) is 0 Å². The summed E-state index contributed by atoms with van der Waals surface area (Å²) in [7, 11) is 1.58. The van der Waals surface area contributed by atoms with Gasteiger partial charge in [-0.1, -0.05) is 37.3 Å². The summed E-state index contributed by atoms with van der Waals surface area (Å²) in [6, 6.07) is 10.1. The van der Waals surface area contributed by atoms with E-state index in [9.17, 15) is 19.5 Å². The Morgan fingerprint density at radius 3 is 2.69 bits per heavy atom. The summed E-state index contributed by atoms with van der Waals surface area (Å²) >= 11 is 0.979. The Bertz CT molecular complexity index is 1560. The van der Waals surface area contributed by atoms with E-state index in [0.717, 1.165) is 29.4 Å². The Balaban J connectivity index is 1.73. The minimum Gasteiger partial charge on any atom is -0.477 e. The van der Waals surface area contributed by atoms with E-state index in [1.165, 1.54) is 9.47 Å². The van der Waals surface area contributed by atoms with Crippen molar-refractivity contribution in [1.29, 1.82) is 0 Å². The first-order chi connectivity index (χ1) is 18.7. The molecule has 0 spiro atoms. The summed E-state index contributed by atoms with van der Waals surface area (Å²) in [5.41, 5.74) is -0.669. The van der Waals surface area contributed by atoms with Gasteiger partial charge in [-0.2, -0.15) is 9.36 Å². The number of fused-ring (bicyclic) bond motifs is 1. The van der Waals surface area contributed by atoms with E-state index in [1.54, 1.807) is 14.0 Å². The lowest BCUT2D eigenvalue weighted by Gasteiger charge is -2.23. The molecule has 0 saturated heterocycles. The van der Waals surface area contributed by atoms with Crippen LogP contribution in [0.5, 0.6) is 0 Å². The van der Waals surface area contributed by atoms with Crippen molar-refractivity contribution in [2.45, 2.75) is 13.8 Å². The summed E-state index contributed by atoms with van der Waals surface area (Å²) in [5, 5.41) is 12.4. The van der Waals surface area contributed by atoms with Crippen LogP contribution >= 0.6 is 11.5 Å². The minimum atomic E-state index is -1.46. The number of carbonyl (C=O) groups is 2. The number of anilines is 1. The molecule has 39 heavy (non-hydrogen) atoms. The predicted molar refractivity (Wildman–Crippen MR) is 145 cm³/mol. The Labute approximate surface area is 227 Å². The number of nitrogens with one attached hydrogen (secondary N) is 1. The van der Waals surface area contributed by atoms with Crippen molar-refractivity contribution in [3.63, 3.8) is 0 Å². The Morgan fingerprint density at radius 2 is 2.00 bits per heavy atom. The summed E-state index contributed by atoms with van der Waals surface area (Å²) in [6.45, 7) is 4.98. The number of benzene rings is 1. The number of aromatic carboxylic acids is 1. The van der Waals surface area contributed by atoms with E-state index < -0.39 is 28.7 Å². The number of hydrogen-bond acceptors (Lipinski definition) is 9. The van der Waals surface area contributed by atoms with Gasteiger partial charge >= 0.3 is 5.97 Å². The van der Waals surface area contributed by atoms with Crippen LogP contribution in [0.1, 0.15) is 24.2 Å². The van der Waals surface area contributed by atoms with Crippen molar-refractivity contribution in [2.75, 3.05) is 38.3 Å². The van der Waals surface area contributed by atoms with Crippen LogP contribution in [0.4, 0.5) is 10.2 Å². The molecule has 4 rings (SSSR count). The lowest BCUT2D eigenvalue weighted by molar-refractivity contribution is -0.124. The van der Waals surface area contributed by atoms with Crippen LogP contribution in [-0.4, -0.2) is 69.2 Å². The minimum absolute atomic E-state index is 0.0119. The van der Waals surface area contributed by atoms with E-state index in [2.05, 4.69) is 19.7 Å². The normalized spacial score (nSPS) is 11.9. The largest absolute Gasteiger partial charge is 0.477 e. The number of ether oxygens (including phenoxy) is 1. The number of rotatable bonds is 11. The van der Waals surface area contributed by atoms with Crippen LogP contribution in [0.15, 0.2) is 47.4 Å². The molecule has 0 saturated carbocycles. The number of carboxylic acids is 1. The maximum Gasteiger partial charge on any atom is 0.341 e. The van der Waals surface area contributed by atoms with Gasteiger partial charge in [-0.3, -0.25) is 14.2 Å². The molecule has 3 aromatic heterocycles. The van der Waals surface area contributed by atoms with Gasteiger partial charge in [0.2, 0.25) is 16.5 Å². The van der Waals surface area contributed by atoms with Gasteiger partial charge < -0.3 is 20.1 Å². The summed E-state index contributed by atoms with van der Waals surface area (Å²) < 4.78 is 26.1. The third kappa shape index (κ3) is 6.10. The summed E-state index contributed by atoms with van der Waals surface area (Å²) in [4.78, 5) is 47.6. The number of halogens is 1. The van der Waals surface area contributed by atoms with Gasteiger partial charge in [-0.25, -0.2) is 14.2 Å². The smallest absolute Gasteiger partial charge is 0.341 e. The molecular weight excluding hydrogens is 527 g/mol. The molecule has 204 valence electrons. The second-order valence-corrected chi connectivity index (χ2v) is 9.48. The molecule has 1 amide bonds. The quantitative estimate of drug-likeness (QED) is 0.268. The third-order valence-corrected chi connectivity index (χ3v) is 6.62. The third-order valence-electron chi connectivity index (χ3n) is 5.90. The van der Waals surface area contributed by atoms with Gasteiger partial charge in [0.15, 0.2) is 23.1 Å². The maximum atomic E-state index is 15.2. The van der Waals surface area contributed by atoms with E-state index in [1.807, 2.05) is 37.3 Å². The lowest BCUT2D eigenvalue weighted by atomic mass is 10.1. The number of hydrogen-bond donors (Lipinski definition) is 2. The summed E-state index contributed by atoms with van der Waals surface area (Å²) in [6.07, 6.45) is 1.12. The molecule has 0 aliphatic heterocycles. The highest BCUT2D eigenvalue weighted by Gasteiger charge is 2.23. The zero-order valence-electron chi connectivity index (χ0n) is 21.5. The number of nitrogens with zero attached hydrogens (tertiary/aromatic N) is 5. The topological polar surface area (TPSA) is 140 Å². The Morgan fingerprint density at radius 1 is 1.26 bits per heavy atom. The molecule has 11 nitrogen and oxygen atoms in total. The first-order valence-electron chi connectivity index (χ1n) is 12.2. The molecule has 0 radical (unpaired) electrons. The molecule has 1 unspecified atom stereocenters. The van der Waals surface area contributed by atoms with Crippen LogP contribution < -0.4 is 15.6 Å². The molecular formula is C26H27FN6O5S. The van der Waals surface area contributed by atoms with Crippen LogP contribution in [0.25, 0.3) is 27.6 Å². The zero-order chi connectivity index (χ0) is 28.1. The molecule has 0 fully saturated rings. The van der Waals surface area contributed by atoms with E-state index in [4.69, 9.17) is 4.74 Å². The van der Waals surface area contributed by atoms with E-state index in [0.29, 0.717) is 25.6 Å². The Kier molecular flexibility index (Phi) is 8.62. The molecule has 2 N–H and O–H groups in total. The molecule has 0 aliphatic carbocycles. The van der Waals surface area contributed by atoms with Crippen LogP contribution in [-0.2, 0) is 9.53 Å². The molecule has 1 atom stereocenters. The number of amides is 1. The van der Waals surface area contributed by atoms with E-state index >= 15 is 4.39 Å². The Hall–Kier alpha value is -4.23. The SMILES string of the molecule is CCOCCNC(=O)C(C)CN(C)c1nc2c(cc1F)c(=O)c(C(=O)O)cn2-c1nc(-c2ccccc2)ns1. The average Bonchev–Trinajstić information content (AvgIpc) is 3.41. The second-order valence-electron chi connectivity index (χ2n) is 8.75. The predicted octanol–water partition coefficient (Wildman–Crippen LogP) is 2.97. The maximum absolute atomic E-state index is 15.2. The first kappa shape index (κ1) is 27.8. The highest BCUT2D eigenvalue weighted by molar-refractivity contribution is 7.08. The first-order valence-corrected chi connectivity index (χ1v) is 12.9. The fourth-order valence-electron chi connectivity index (χ4n) is 3.94. The van der Waals surface area contributed by atoms with Gasteiger partial charge in [0.05, 0.1) is 17.9 Å².